The third-order valence-electron chi connectivity index (χ3n) is 1.32. The molecule has 4 heteroatoms. The summed E-state index contributed by atoms with van der Waals surface area (Å²) in [5.41, 5.74) is 0. The van der Waals surface area contributed by atoms with Crippen molar-refractivity contribution >= 4 is 33.7 Å². The molecule has 0 aromatic heterocycles. The van der Waals surface area contributed by atoms with E-state index in [2.05, 4.69) is 15.9 Å². The maximum Gasteiger partial charge on any atom is 0.313 e. The standard InChI is InChI=1S/C7H9BrO2S/c1-2-10-7(9)5-3-6(8)11-4-5/h3,5H,2,4H2,1H3. The number of halogens is 1. The van der Waals surface area contributed by atoms with E-state index in [1.165, 1.54) is 0 Å². The highest BCUT2D eigenvalue weighted by molar-refractivity contribution is 9.14. The Balaban J connectivity index is 2.43. The molecular weight excluding hydrogens is 228 g/mol. The molecule has 1 atom stereocenters. The van der Waals surface area contributed by atoms with Gasteiger partial charge in [-0.05, 0) is 28.9 Å². The van der Waals surface area contributed by atoms with Crippen molar-refractivity contribution in [2.45, 2.75) is 6.92 Å². The smallest absolute Gasteiger partial charge is 0.313 e. The van der Waals surface area contributed by atoms with Gasteiger partial charge < -0.3 is 4.74 Å². The monoisotopic (exact) mass is 236 g/mol. The molecule has 0 aromatic carbocycles. The van der Waals surface area contributed by atoms with E-state index in [4.69, 9.17) is 4.74 Å². The van der Waals surface area contributed by atoms with Crippen LogP contribution in [0.4, 0.5) is 0 Å². The largest absolute Gasteiger partial charge is 0.466 e. The van der Waals surface area contributed by atoms with Crippen LogP contribution in [0.25, 0.3) is 0 Å². The summed E-state index contributed by atoms with van der Waals surface area (Å²) in [5, 5.41) is 0. The average Bonchev–Trinajstić information content (AvgIpc) is 2.36. The summed E-state index contributed by atoms with van der Waals surface area (Å²) in [4.78, 5) is 11.1. The van der Waals surface area contributed by atoms with Crippen LogP contribution in [0, 0.1) is 5.92 Å². The van der Waals surface area contributed by atoms with Gasteiger partial charge in [0.1, 0.15) is 0 Å². The molecule has 0 fully saturated rings. The molecule has 1 unspecified atom stereocenters. The van der Waals surface area contributed by atoms with Gasteiger partial charge in [0, 0.05) is 9.57 Å². The van der Waals surface area contributed by atoms with Gasteiger partial charge in [0.15, 0.2) is 0 Å². The third kappa shape index (κ3) is 2.52. The van der Waals surface area contributed by atoms with Gasteiger partial charge in [0.2, 0.25) is 0 Å². The lowest BCUT2D eigenvalue weighted by molar-refractivity contribution is -0.145. The lowest BCUT2D eigenvalue weighted by Crippen LogP contribution is -2.15. The zero-order valence-electron chi connectivity index (χ0n) is 6.17. The summed E-state index contributed by atoms with van der Waals surface area (Å²) in [7, 11) is 0. The lowest BCUT2D eigenvalue weighted by Gasteiger charge is -2.04. The predicted octanol–water partition coefficient (Wildman–Crippen LogP) is 2.15. The minimum absolute atomic E-state index is 0.0469. The van der Waals surface area contributed by atoms with Crippen molar-refractivity contribution in [3.05, 3.63) is 9.89 Å². The maximum atomic E-state index is 11.1. The van der Waals surface area contributed by atoms with Crippen LogP contribution >= 0.6 is 27.7 Å². The zero-order chi connectivity index (χ0) is 8.27. The quantitative estimate of drug-likeness (QED) is 0.688. The summed E-state index contributed by atoms with van der Waals surface area (Å²) in [6.07, 6.45) is 1.89. The van der Waals surface area contributed by atoms with Gasteiger partial charge in [-0.3, -0.25) is 4.79 Å². The van der Waals surface area contributed by atoms with Crippen molar-refractivity contribution in [1.29, 1.82) is 0 Å². The van der Waals surface area contributed by atoms with E-state index >= 15 is 0 Å². The fourth-order valence-electron chi connectivity index (χ4n) is 0.809. The van der Waals surface area contributed by atoms with Gasteiger partial charge in [-0.1, -0.05) is 0 Å². The summed E-state index contributed by atoms with van der Waals surface area (Å²) in [6.45, 7) is 2.28. The zero-order valence-corrected chi connectivity index (χ0v) is 8.57. The second-order valence-corrected chi connectivity index (χ2v) is 4.58. The second kappa shape index (κ2) is 4.16. The summed E-state index contributed by atoms with van der Waals surface area (Å²) < 4.78 is 5.89. The Morgan fingerprint density at radius 3 is 3.18 bits per heavy atom. The molecule has 0 spiro atoms. The summed E-state index contributed by atoms with van der Waals surface area (Å²) in [5.74, 6) is 0.642. The van der Waals surface area contributed by atoms with Gasteiger partial charge in [-0.2, -0.15) is 0 Å². The highest BCUT2D eigenvalue weighted by Gasteiger charge is 2.22. The van der Waals surface area contributed by atoms with Crippen molar-refractivity contribution in [1.82, 2.24) is 0 Å². The van der Waals surface area contributed by atoms with Crippen LogP contribution in [-0.2, 0) is 9.53 Å². The van der Waals surface area contributed by atoms with Crippen LogP contribution in [0.3, 0.4) is 0 Å². The van der Waals surface area contributed by atoms with Crippen LogP contribution in [0.5, 0.6) is 0 Å². The molecule has 0 N–H and O–H groups in total. The first-order chi connectivity index (χ1) is 5.24. The molecule has 0 radical (unpaired) electrons. The molecule has 11 heavy (non-hydrogen) atoms. The number of carbonyl (C=O) groups excluding carboxylic acids is 1. The first-order valence-electron chi connectivity index (χ1n) is 3.40. The Kier molecular flexibility index (Phi) is 3.45. The number of esters is 1. The normalized spacial score (nSPS) is 23.1. The van der Waals surface area contributed by atoms with Crippen molar-refractivity contribution < 1.29 is 9.53 Å². The molecule has 0 aliphatic carbocycles. The topological polar surface area (TPSA) is 26.3 Å². The maximum absolute atomic E-state index is 11.1. The first kappa shape index (κ1) is 9.13. The second-order valence-electron chi connectivity index (χ2n) is 2.14. The molecule has 1 aliphatic rings. The lowest BCUT2D eigenvalue weighted by atomic mass is 10.2. The van der Waals surface area contributed by atoms with E-state index in [0.717, 1.165) is 9.57 Å². The van der Waals surface area contributed by atoms with Crippen LogP contribution in [0.1, 0.15) is 6.92 Å². The molecule has 1 rings (SSSR count). The molecule has 0 saturated heterocycles. The average molecular weight is 237 g/mol. The summed E-state index contributed by atoms with van der Waals surface area (Å²) in [6, 6.07) is 0. The first-order valence-corrected chi connectivity index (χ1v) is 5.18. The number of ether oxygens (including phenoxy) is 1. The Morgan fingerprint density at radius 2 is 2.73 bits per heavy atom. The van der Waals surface area contributed by atoms with E-state index in [0.29, 0.717) is 6.61 Å². The molecular formula is C7H9BrO2S. The third-order valence-corrected chi connectivity index (χ3v) is 3.21. The fourth-order valence-corrected chi connectivity index (χ4v) is 2.36. The van der Waals surface area contributed by atoms with Gasteiger partial charge in [0.05, 0.1) is 12.5 Å². The molecule has 1 heterocycles. The van der Waals surface area contributed by atoms with Crippen molar-refractivity contribution in [2.75, 3.05) is 12.4 Å². The van der Waals surface area contributed by atoms with Crippen LogP contribution in [0.15, 0.2) is 9.89 Å². The van der Waals surface area contributed by atoms with Crippen molar-refractivity contribution in [3.63, 3.8) is 0 Å². The van der Waals surface area contributed by atoms with Crippen LogP contribution in [-0.4, -0.2) is 18.3 Å². The van der Waals surface area contributed by atoms with Gasteiger partial charge in [-0.25, -0.2) is 0 Å². The van der Waals surface area contributed by atoms with Gasteiger partial charge in [0.25, 0.3) is 0 Å². The van der Waals surface area contributed by atoms with E-state index < -0.39 is 0 Å². The number of hydrogen-bond acceptors (Lipinski definition) is 3. The minimum atomic E-state index is -0.116. The molecule has 0 bridgehead atoms. The van der Waals surface area contributed by atoms with Crippen molar-refractivity contribution in [2.24, 2.45) is 5.92 Å². The predicted molar refractivity (Wildman–Crippen MR) is 49.6 cm³/mol. The Hall–Kier alpha value is 0.0400. The highest BCUT2D eigenvalue weighted by atomic mass is 79.9. The van der Waals surface area contributed by atoms with Gasteiger partial charge >= 0.3 is 5.97 Å². The number of thioether (sulfide) groups is 1. The highest BCUT2D eigenvalue weighted by Crippen LogP contribution is 2.33. The Labute approximate surface area is 78.5 Å². The van der Waals surface area contributed by atoms with E-state index in [1.807, 2.05) is 13.0 Å². The molecule has 1 aliphatic heterocycles. The summed E-state index contributed by atoms with van der Waals surface area (Å²) >= 11 is 4.95. The van der Waals surface area contributed by atoms with Crippen LogP contribution in [0.2, 0.25) is 0 Å². The van der Waals surface area contributed by atoms with E-state index in [9.17, 15) is 4.79 Å². The number of carbonyl (C=O) groups is 1. The van der Waals surface area contributed by atoms with Crippen LogP contribution < -0.4 is 0 Å². The molecule has 62 valence electrons. The minimum Gasteiger partial charge on any atom is -0.466 e. The molecule has 2 nitrogen and oxygen atoms in total. The molecule has 0 saturated carbocycles. The fraction of sp³-hybridized carbons (Fsp3) is 0.571. The number of rotatable bonds is 2. The molecule has 0 amide bonds. The molecule has 0 aromatic rings. The SMILES string of the molecule is CCOC(=O)C1C=C(Br)SC1. The van der Waals surface area contributed by atoms with E-state index in [1.54, 1.807) is 11.8 Å². The van der Waals surface area contributed by atoms with E-state index in [-0.39, 0.29) is 11.9 Å². The Bertz CT molecular complexity index is 191. The van der Waals surface area contributed by atoms with Gasteiger partial charge in [-0.15, -0.1) is 11.8 Å². The van der Waals surface area contributed by atoms with Crippen molar-refractivity contribution in [3.8, 4) is 0 Å². The number of hydrogen-bond donors (Lipinski definition) is 0. The Morgan fingerprint density at radius 1 is 2.00 bits per heavy atom.